The number of anilines is 1. The summed E-state index contributed by atoms with van der Waals surface area (Å²) in [6, 6.07) is 2.57. The number of allylic oxidation sites excluding steroid dienone is 1. The lowest BCUT2D eigenvalue weighted by molar-refractivity contribution is -0.139. The minimum absolute atomic E-state index is 0.00431. The lowest BCUT2D eigenvalue weighted by Crippen LogP contribution is -2.43. The van der Waals surface area contributed by atoms with Crippen LogP contribution in [0.1, 0.15) is 103 Å². The number of hydrogen-bond donors (Lipinski definition) is 2. The van der Waals surface area contributed by atoms with Gasteiger partial charge in [-0.05, 0) is 64.2 Å². The van der Waals surface area contributed by atoms with Crippen LogP contribution in [-0.2, 0) is 4.79 Å². The Morgan fingerprint density at radius 2 is 2.05 bits per heavy atom. The monoisotopic (exact) mass is 551 g/mol. The number of rotatable bonds is 12. The van der Waals surface area contributed by atoms with Crippen molar-refractivity contribution in [2.45, 2.75) is 111 Å². The predicted octanol–water partition coefficient (Wildman–Crippen LogP) is 5.41. The van der Waals surface area contributed by atoms with Gasteiger partial charge in [0, 0.05) is 62.0 Å². The molecule has 222 valence electrons. The highest BCUT2D eigenvalue weighted by atomic mass is 16.2. The third kappa shape index (κ3) is 7.24. The molecule has 5 unspecified atom stereocenters. The molecular formula is C32H53N7O. The molecule has 8 heteroatoms. The number of likely N-dealkylation sites (tertiary alicyclic amines) is 1. The van der Waals surface area contributed by atoms with Gasteiger partial charge >= 0.3 is 0 Å². The summed E-state index contributed by atoms with van der Waals surface area (Å²) in [7, 11) is 0. The summed E-state index contributed by atoms with van der Waals surface area (Å²) >= 11 is 0. The van der Waals surface area contributed by atoms with Crippen molar-refractivity contribution in [2.24, 2.45) is 17.1 Å². The maximum absolute atomic E-state index is 13.8. The first kappa shape index (κ1) is 30.5. The maximum atomic E-state index is 13.8. The molecule has 2 aliphatic heterocycles. The Balaban J connectivity index is 1.43. The smallest absolute Gasteiger partial charge is 0.226 e. The molecule has 4 rings (SSSR count). The van der Waals surface area contributed by atoms with Crippen molar-refractivity contribution in [2.75, 3.05) is 31.1 Å². The maximum Gasteiger partial charge on any atom is 0.226 e. The molecule has 2 saturated heterocycles. The van der Waals surface area contributed by atoms with Crippen LogP contribution in [0.3, 0.4) is 0 Å². The number of fused-ring (bicyclic) bond motifs is 1. The van der Waals surface area contributed by atoms with Gasteiger partial charge in [-0.25, -0.2) is 9.50 Å². The fourth-order valence-corrected chi connectivity index (χ4v) is 6.59. The first-order valence-electron chi connectivity index (χ1n) is 15.7. The SMILES string of the molecule is CCC=CC(C)(CCC)CNC(C)CC(C)C(=O)N1CCCCC1c1cc2nc(N3CCC(N)C3)c(C)cn2n1. The standard InChI is InChI=1S/C32H53N7O/c1-7-9-15-32(6,14-8-2)22-34-25(5)18-23(3)31(40)38-16-11-10-12-28(38)27-19-29-35-30(24(4)20-39(29)36-27)37-17-13-26(33)21-37/h9,15,19-20,23,25-26,28,34H,7-8,10-14,16-18,21-22,33H2,1-6H3. The van der Waals surface area contributed by atoms with E-state index in [1.807, 2.05) is 4.52 Å². The molecular weight excluding hydrogens is 498 g/mol. The first-order valence-corrected chi connectivity index (χ1v) is 15.7. The van der Waals surface area contributed by atoms with E-state index in [-0.39, 0.29) is 35.4 Å². The van der Waals surface area contributed by atoms with Crippen molar-refractivity contribution in [3.05, 3.63) is 35.7 Å². The molecule has 3 N–H and O–H groups in total. The Hall–Kier alpha value is -2.45. The van der Waals surface area contributed by atoms with Crippen LogP contribution in [0.25, 0.3) is 5.65 Å². The number of amides is 1. The Kier molecular flexibility index (Phi) is 10.3. The third-order valence-electron chi connectivity index (χ3n) is 8.84. The van der Waals surface area contributed by atoms with Crippen molar-refractivity contribution in [3.8, 4) is 0 Å². The average molecular weight is 552 g/mol. The van der Waals surface area contributed by atoms with Crippen molar-refractivity contribution in [3.63, 3.8) is 0 Å². The van der Waals surface area contributed by atoms with Gasteiger partial charge in [-0.15, -0.1) is 0 Å². The molecule has 0 spiro atoms. The average Bonchev–Trinajstić information content (AvgIpc) is 3.55. The number of piperidine rings is 1. The lowest BCUT2D eigenvalue weighted by Gasteiger charge is -2.37. The highest BCUT2D eigenvalue weighted by Crippen LogP contribution is 2.33. The predicted molar refractivity (Wildman–Crippen MR) is 165 cm³/mol. The quantitative estimate of drug-likeness (QED) is 0.343. The highest BCUT2D eigenvalue weighted by molar-refractivity contribution is 5.79. The molecule has 2 aromatic rings. The van der Waals surface area contributed by atoms with Gasteiger partial charge in [0.1, 0.15) is 5.82 Å². The van der Waals surface area contributed by atoms with Crippen LogP contribution in [0.4, 0.5) is 5.82 Å². The largest absolute Gasteiger partial charge is 0.355 e. The zero-order chi connectivity index (χ0) is 28.9. The fraction of sp³-hybridized carbons (Fsp3) is 0.719. The van der Waals surface area contributed by atoms with E-state index < -0.39 is 0 Å². The van der Waals surface area contributed by atoms with Crippen LogP contribution in [0.2, 0.25) is 0 Å². The van der Waals surface area contributed by atoms with Crippen LogP contribution in [0.15, 0.2) is 24.4 Å². The summed E-state index contributed by atoms with van der Waals surface area (Å²) in [4.78, 5) is 23.2. The van der Waals surface area contributed by atoms with Gasteiger partial charge < -0.3 is 20.9 Å². The number of aryl methyl sites for hydroxylation is 1. The lowest BCUT2D eigenvalue weighted by atomic mass is 9.84. The van der Waals surface area contributed by atoms with Gasteiger partial charge in [0.2, 0.25) is 5.91 Å². The van der Waals surface area contributed by atoms with Gasteiger partial charge in [-0.2, -0.15) is 5.10 Å². The second-order valence-electron chi connectivity index (χ2n) is 12.8. The molecule has 8 nitrogen and oxygen atoms in total. The molecule has 1 amide bonds. The molecule has 0 aliphatic carbocycles. The van der Waals surface area contributed by atoms with Crippen molar-refractivity contribution >= 4 is 17.4 Å². The molecule has 0 radical (unpaired) electrons. The van der Waals surface area contributed by atoms with Crippen LogP contribution >= 0.6 is 0 Å². The Morgan fingerprint density at radius 1 is 1.25 bits per heavy atom. The summed E-state index contributed by atoms with van der Waals surface area (Å²) in [5.74, 6) is 1.20. The first-order chi connectivity index (χ1) is 19.1. The summed E-state index contributed by atoms with van der Waals surface area (Å²) in [6.07, 6.45) is 15.0. The summed E-state index contributed by atoms with van der Waals surface area (Å²) in [5.41, 5.74) is 9.20. The molecule has 2 aliphatic rings. The van der Waals surface area contributed by atoms with Gasteiger partial charge in [-0.3, -0.25) is 4.79 Å². The van der Waals surface area contributed by atoms with Crippen molar-refractivity contribution in [1.82, 2.24) is 24.8 Å². The van der Waals surface area contributed by atoms with E-state index in [9.17, 15) is 4.79 Å². The number of nitrogens with zero attached hydrogens (tertiary/aromatic N) is 5. The van der Waals surface area contributed by atoms with E-state index in [1.165, 1.54) is 0 Å². The van der Waals surface area contributed by atoms with E-state index >= 15 is 0 Å². The second kappa shape index (κ2) is 13.5. The van der Waals surface area contributed by atoms with Gasteiger partial charge in [0.05, 0.1) is 11.7 Å². The number of nitrogens with one attached hydrogen (secondary N) is 1. The molecule has 0 bridgehead atoms. The van der Waals surface area contributed by atoms with Crippen LogP contribution in [0, 0.1) is 18.3 Å². The number of aromatic nitrogens is 3. The minimum atomic E-state index is -0.0462. The van der Waals surface area contributed by atoms with Crippen molar-refractivity contribution in [1.29, 1.82) is 0 Å². The molecule has 40 heavy (non-hydrogen) atoms. The normalized spacial score (nSPS) is 23.2. The van der Waals surface area contributed by atoms with E-state index in [2.05, 4.69) is 81.1 Å². The van der Waals surface area contributed by atoms with Gasteiger partial charge in [0.15, 0.2) is 5.65 Å². The highest BCUT2D eigenvalue weighted by Gasteiger charge is 2.33. The Labute approximate surface area is 241 Å². The number of hydrogen-bond acceptors (Lipinski definition) is 6. The van der Waals surface area contributed by atoms with Crippen LogP contribution < -0.4 is 16.0 Å². The van der Waals surface area contributed by atoms with E-state index in [4.69, 9.17) is 15.8 Å². The number of nitrogens with two attached hydrogens (primary N) is 1. The molecule has 0 aromatic carbocycles. The topological polar surface area (TPSA) is 91.8 Å². The zero-order valence-electron chi connectivity index (χ0n) is 25.8. The van der Waals surface area contributed by atoms with Gasteiger partial charge in [0.25, 0.3) is 0 Å². The molecule has 2 aromatic heterocycles. The third-order valence-corrected chi connectivity index (χ3v) is 8.84. The van der Waals surface area contributed by atoms with Gasteiger partial charge in [-0.1, -0.05) is 46.3 Å². The Morgan fingerprint density at radius 3 is 2.75 bits per heavy atom. The van der Waals surface area contributed by atoms with E-state index in [0.29, 0.717) is 0 Å². The summed E-state index contributed by atoms with van der Waals surface area (Å²) in [5, 5.41) is 8.67. The van der Waals surface area contributed by atoms with E-state index in [0.717, 1.165) is 100 Å². The number of carbonyl (C=O) groups excluding carboxylic acids is 1. The van der Waals surface area contributed by atoms with Crippen LogP contribution in [0.5, 0.6) is 0 Å². The second-order valence-corrected chi connectivity index (χ2v) is 12.8. The molecule has 5 atom stereocenters. The summed E-state index contributed by atoms with van der Waals surface area (Å²) < 4.78 is 1.89. The zero-order valence-corrected chi connectivity index (χ0v) is 25.8. The molecule has 4 heterocycles. The van der Waals surface area contributed by atoms with Crippen LogP contribution in [-0.4, -0.2) is 63.7 Å². The Bertz CT molecular complexity index is 1160. The number of carbonyl (C=O) groups is 1. The van der Waals surface area contributed by atoms with E-state index in [1.54, 1.807) is 0 Å². The molecule has 2 fully saturated rings. The summed E-state index contributed by atoms with van der Waals surface area (Å²) in [6.45, 7) is 16.7. The molecule has 0 saturated carbocycles. The van der Waals surface area contributed by atoms with Crippen molar-refractivity contribution < 1.29 is 4.79 Å². The minimum Gasteiger partial charge on any atom is -0.355 e. The fourth-order valence-electron chi connectivity index (χ4n) is 6.59.